The molecule has 1 saturated carbocycles. The Morgan fingerprint density at radius 2 is 1.81 bits per heavy atom. The summed E-state index contributed by atoms with van der Waals surface area (Å²) in [6.45, 7) is 6.25. The average molecular weight is 377 g/mol. The van der Waals surface area contributed by atoms with Gasteiger partial charge in [0.25, 0.3) is 5.91 Å². The van der Waals surface area contributed by atoms with E-state index in [4.69, 9.17) is 14.2 Å². The fourth-order valence-electron chi connectivity index (χ4n) is 3.02. The van der Waals surface area contributed by atoms with Gasteiger partial charge in [-0.3, -0.25) is 4.79 Å². The highest BCUT2D eigenvalue weighted by Gasteiger charge is 2.23. The van der Waals surface area contributed by atoms with Gasteiger partial charge in [0.2, 0.25) is 0 Å². The number of hydrogen-bond donors (Lipinski definition) is 1. The maximum Gasteiger partial charge on any atom is 0.339 e. The van der Waals surface area contributed by atoms with Gasteiger partial charge in [-0.15, -0.1) is 0 Å². The number of ether oxygens (including phenoxy) is 3. The summed E-state index contributed by atoms with van der Waals surface area (Å²) in [6, 6.07) is 5.06. The van der Waals surface area contributed by atoms with Crippen LogP contribution in [0.25, 0.3) is 0 Å². The molecule has 1 atom stereocenters. The molecular formula is C21H31NO5. The highest BCUT2D eigenvalue weighted by Crippen LogP contribution is 2.29. The molecule has 0 radical (unpaired) electrons. The van der Waals surface area contributed by atoms with Crippen LogP contribution in [0.3, 0.4) is 0 Å². The Morgan fingerprint density at radius 1 is 1.11 bits per heavy atom. The molecule has 1 aliphatic carbocycles. The summed E-state index contributed by atoms with van der Waals surface area (Å²) >= 11 is 0. The summed E-state index contributed by atoms with van der Waals surface area (Å²) in [5.41, 5.74) is 0.320. The predicted molar refractivity (Wildman–Crippen MR) is 103 cm³/mol. The number of benzene rings is 1. The van der Waals surface area contributed by atoms with Crippen LogP contribution in [0.5, 0.6) is 11.5 Å². The number of esters is 1. The van der Waals surface area contributed by atoms with Crippen LogP contribution in [0.4, 0.5) is 0 Å². The van der Waals surface area contributed by atoms with Crippen LogP contribution in [0.15, 0.2) is 18.2 Å². The zero-order valence-electron chi connectivity index (χ0n) is 16.7. The molecule has 0 aliphatic heterocycles. The van der Waals surface area contributed by atoms with E-state index >= 15 is 0 Å². The first-order valence-electron chi connectivity index (χ1n) is 9.73. The van der Waals surface area contributed by atoms with Crippen molar-refractivity contribution >= 4 is 11.9 Å². The lowest BCUT2D eigenvalue weighted by atomic mass is 9.95. The van der Waals surface area contributed by atoms with Gasteiger partial charge >= 0.3 is 5.97 Å². The summed E-state index contributed by atoms with van der Waals surface area (Å²) in [5.74, 6) is 0.604. The zero-order valence-corrected chi connectivity index (χ0v) is 16.7. The first-order valence-corrected chi connectivity index (χ1v) is 9.73. The van der Waals surface area contributed by atoms with Gasteiger partial charge in [-0.1, -0.05) is 33.1 Å². The number of amides is 1. The molecule has 1 aromatic rings. The van der Waals surface area contributed by atoms with Crippen LogP contribution in [0.2, 0.25) is 0 Å². The van der Waals surface area contributed by atoms with Gasteiger partial charge in [-0.25, -0.2) is 4.79 Å². The molecule has 1 fully saturated rings. The lowest BCUT2D eigenvalue weighted by molar-refractivity contribution is -0.130. The van der Waals surface area contributed by atoms with Gasteiger partial charge in [0, 0.05) is 6.04 Å². The third-order valence-electron chi connectivity index (χ3n) is 4.58. The Hall–Kier alpha value is -2.24. The van der Waals surface area contributed by atoms with E-state index in [0.717, 1.165) is 25.7 Å². The molecule has 0 heterocycles. The molecular weight excluding hydrogens is 346 g/mol. The van der Waals surface area contributed by atoms with Crippen molar-refractivity contribution in [2.45, 2.75) is 65.0 Å². The summed E-state index contributed by atoms with van der Waals surface area (Å²) in [5, 5.41) is 2.97. The molecule has 6 nitrogen and oxygen atoms in total. The summed E-state index contributed by atoms with van der Waals surface area (Å²) in [4.78, 5) is 24.7. The largest absolute Gasteiger partial charge is 0.493 e. The fraction of sp³-hybridized carbons (Fsp3) is 0.619. The van der Waals surface area contributed by atoms with Gasteiger partial charge in [0.1, 0.15) is 0 Å². The number of carbonyl (C=O) groups is 2. The maximum absolute atomic E-state index is 12.4. The van der Waals surface area contributed by atoms with Crippen molar-refractivity contribution < 1.29 is 23.8 Å². The van der Waals surface area contributed by atoms with Gasteiger partial charge < -0.3 is 19.5 Å². The van der Waals surface area contributed by atoms with Crippen molar-refractivity contribution in [1.82, 2.24) is 5.32 Å². The molecule has 1 N–H and O–H groups in total. The topological polar surface area (TPSA) is 73.9 Å². The van der Waals surface area contributed by atoms with E-state index in [-0.39, 0.29) is 11.9 Å². The minimum atomic E-state index is -0.845. The quantitative estimate of drug-likeness (QED) is 0.699. The lowest BCUT2D eigenvalue weighted by Gasteiger charge is -2.24. The van der Waals surface area contributed by atoms with Crippen molar-refractivity contribution in [3.63, 3.8) is 0 Å². The van der Waals surface area contributed by atoms with Crippen LogP contribution >= 0.6 is 0 Å². The Bertz CT molecular complexity index is 637. The van der Waals surface area contributed by atoms with Crippen molar-refractivity contribution in [1.29, 1.82) is 0 Å². The Morgan fingerprint density at radius 3 is 2.44 bits per heavy atom. The minimum absolute atomic E-state index is 0.185. The monoisotopic (exact) mass is 377 g/mol. The average Bonchev–Trinajstić information content (AvgIpc) is 2.66. The molecule has 0 saturated heterocycles. The number of nitrogens with one attached hydrogen (secondary N) is 1. The van der Waals surface area contributed by atoms with Crippen molar-refractivity contribution in [3.8, 4) is 11.5 Å². The number of methoxy groups -OCH3 is 1. The van der Waals surface area contributed by atoms with Gasteiger partial charge in [0.05, 0.1) is 19.3 Å². The number of rotatable bonds is 8. The number of carbonyl (C=O) groups excluding carboxylic acids is 2. The summed E-state index contributed by atoms with van der Waals surface area (Å²) in [6.07, 6.45) is 4.61. The standard InChI is InChI=1S/C21H31NO5/c1-14(2)13-26-18-11-10-16(12-19(18)25-4)21(24)27-15(3)20(23)22-17-8-6-5-7-9-17/h10-12,14-15,17H,5-9,13H2,1-4H3,(H,22,23)/t15-/m1/s1. The second-order valence-electron chi connectivity index (χ2n) is 7.46. The van der Waals surface area contributed by atoms with Crippen molar-refractivity contribution in [2.75, 3.05) is 13.7 Å². The number of hydrogen-bond acceptors (Lipinski definition) is 5. The predicted octanol–water partition coefficient (Wildman–Crippen LogP) is 3.72. The molecule has 0 bridgehead atoms. The van der Waals surface area contributed by atoms with E-state index in [0.29, 0.717) is 29.6 Å². The highest BCUT2D eigenvalue weighted by molar-refractivity contribution is 5.92. The van der Waals surface area contributed by atoms with Crippen LogP contribution in [-0.2, 0) is 9.53 Å². The third kappa shape index (κ3) is 6.45. The molecule has 1 aliphatic rings. The van der Waals surface area contributed by atoms with E-state index in [1.165, 1.54) is 13.5 Å². The van der Waals surface area contributed by atoms with Crippen LogP contribution in [0.1, 0.15) is 63.2 Å². The second kappa shape index (κ2) is 10.2. The van der Waals surface area contributed by atoms with Crippen LogP contribution in [0, 0.1) is 5.92 Å². The molecule has 1 aromatic carbocycles. The first-order chi connectivity index (χ1) is 12.9. The van der Waals surface area contributed by atoms with Crippen molar-refractivity contribution in [3.05, 3.63) is 23.8 Å². The summed E-state index contributed by atoms with van der Waals surface area (Å²) < 4.78 is 16.3. The molecule has 150 valence electrons. The third-order valence-corrected chi connectivity index (χ3v) is 4.58. The molecule has 0 unspecified atom stereocenters. The van der Waals surface area contributed by atoms with E-state index in [1.807, 2.05) is 0 Å². The maximum atomic E-state index is 12.4. The molecule has 0 spiro atoms. The van der Waals surface area contributed by atoms with Gasteiger partial charge in [0.15, 0.2) is 17.6 Å². The van der Waals surface area contributed by atoms with E-state index in [1.54, 1.807) is 25.1 Å². The molecule has 1 amide bonds. The van der Waals surface area contributed by atoms with Gasteiger partial charge in [-0.05, 0) is 43.9 Å². The normalized spacial score (nSPS) is 15.9. The molecule has 6 heteroatoms. The van der Waals surface area contributed by atoms with Crippen LogP contribution < -0.4 is 14.8 Å². The fourth-order valence-corrected chi connectivity index (χ4v) is 3.02. The minimum Gasteiger partial charge on any atom is -0.493 e. The van der Waals surface area contributed by atoms with Gasteiger partial charge in [-0.2, -0.15) is 0 Å². The van der Waals surface area contributed by atoms with E-state index in [9.17, 15) is 9.59 Å². The smallest absolute Gasteiger partial charge is 0.339 e. The second-order valence-corrected chi connectivity index (χ2v) is 7.46. The first kappa shape index (κ1) is 21.1. The molecule has 27 heavy (non-hydrogen) atoms. The highest BCUT2D eigenvalue weighted by atomic mass is 16.5. The lowest BCUT2D eigenvalue weighted by Crippen LogP contribution is -2.42. The van der Waals surface area contributed by atoms with Crippen LogP contribution in [-0.4, -0.2) is 37.7 Å². The molecule has 2 rings (SSSR count). The Kier molecular flexibility index (Phi) is 7.95. The summed E-state index contributed by atoms with van der Waals surface area (Å²) in [7, 11) is 1.52. The van der Waals surface area contributed by atoms with Crippen molar-refractivity contribution in [2.24, 2.45) is 5.92 Å². The zero-order chi connectivity index (χ0) is 19.8. The Labute approximate surface area is 161 Å². The van der Waals surface area contributed by atoms with E-state index in [2.05, 4.69) is 19.2 Å². The molecule has 0 aromatic heterocycles. The van der Waals surface area contributed by atoms with E-state index < -0.39 is 12.1 Å². The SMILES string of the molecule is COc1cc(C(=O)O[C@H](C)C(=O)NC2CCCCC2)ccc1OCC(C)C. The Balaban J connectivity index is 1.94.